The van der Waals surface area contributed by atoms with Gasteiger partial charge in [0, 0.05) is 12.1 Å². The molecule has 0 atom stereocenters. The van der Waals surface area contributed by atoms with Crippen LogP contribution in [0.15, 0.2) is 18.2 Å². The number of carbonyl (C=O) groups is 2. The molecule has 1 aromatic rings. The molecule has 0 spiro atoms. The first-order valence-electron chi connectivity index (χ1n) is 5.96. The third kappa shape index (κ3) is 4.07. The summed E-state index contributed by atoms with van der Waals surface area (Å²) < 4.78 is 13.7. The van der Waals surface area contributed by atoms with Gasteiger partial charge in [-0.15, -0.1) is 0 Å². The molecule has 2 amide bonds. The first kappa shape index (κ1) is 15.7. The molecular weight excluding hydrogens is 263 g/mol. The van der Waals surface area contributed by atoms with Crippen molar-refractivity contribution in [3.63, 3.8) is 0 Å². The van der Waals surface area contributed by atoms with Crippen LogP contribution >= 0.6 is 0 Å². The second kappa shape index (κ2) is 7.26. The Morgan fingerprint density at radius 1 is 1.45 bits per heavy atom. The fourth-order valence-electron chi connectivity index (χ4n) is 1.59. The zero-order valence-electron chi connectivity index (χ0n) is 11.0. The minimum Gasteiger partial charge on any atom is -0.384 e. The molecule has 0 radical (unpaired) electrons. The van der Waals surface area contributed by atoms with E-state index in [1.165, 1.54) is 12.1 Å². The van der Waals surface area contributed by atoms with E-state index in [2.05, 4.69) is 11.8 Å². The fourth-order valence-corrected chi connectivity index (χ4v) is 1.59. The first-order valence-corrected chi connectivity index (χ1v) is 5.96. The smallest absolute Gasteiger partial charge is 0.257 e. The minimum absolute atomic E-state index is 0.183. The van der Waals surface area contributed by atoms with E-state index in [1.807, 2.05) is 0 Å². The molecule has 1 rings (SSSR count). The van der Waals surface area contributed by atoms with E-state index in [9.17, 15) is 14.0 Å². The van der Waals surface area contributed by atoms with Crippen LogP contribution in [0.4, 0.5) is 4.39 Å². The Balaban J connectivity index is 3.10. The second-order valence-electron chi connectivity index (χ2n) is 3.94. The number of hydrogen-bond acceptors (Lipinski definition) is 3. The van der Waals surface area contributed by atoms with Crippen LogP contribution in [0.5, 0.6) is 0 Å². The zero-order chi connectivity index (χ0) is 15.1. The Morgan fingerprint density at radius 3 is 2.70 bits per heavy atom. The molecule has 0 saturated carbocycles. The topological polar surface area (TPSA) is 83.6 Å². The van der Waals surface area contributed by atoms with Crippen molar-refractivity contribution >= 4 is 11.8 Å². The number of primary amides is 1. The first-order chi connectivity index (χ1) is 9.49. The van der Waals surface area contributed by atoms with Crippen LogP contribution in [0.25, 0.3) is 0 Å². The highest BCUT2D eigenvalue weighted by Gasteiger charge is 2.19. The van der Waals surface area contributed by atoms with E-state index in [0.29, 0.717) is 5.56 Å². The summed E-state index contributed by atoms with van der Waals surface area (Å²) in [4.78, 5) is 24.2. The predicted molar refractivity (Wildman–Crippen MR) is 71.1 cm³/mol. The average molecular weight is 278 g/mol. The van der Waals surface area contributed by atoms with Crippen molar-refractivity contribution in [1.29, 1.82) is 0 Å². The number of nitrogens with zero attached hydrogens (tertiary/aromatic N) is 1. The Bertz CT molecular complexity index is 576. The van der Waals surface area contributed by atoms with Crippen LogP contribution in [-0.4, -0.2) is 41.5 Å². The van der Waals surface area contributed by atoms with Gasteiger partial charge in [0.25, 0.3) is 5.91 Å². The highest BCUT2D eigenvalue weighted by atomic mass is 19.1. The van der Waals surface area contributed by atoms with E-state index < -0.39 is 17.6 Å². The van der Waals surface area contributed by atoms with E-state index in [-0.39, 0.29) is 25.3 Å². The van der Waals surface area contributed by atoms with Gasteiger partial charge in [0.2, 0.25) is 5.91 Å². The summed E-state index contributed by atoms with van der Waals surface area (Å²) in [6.07, 6.45) is 0. The van der Waals surface area contributed by atoms with Crippen LogP contribution in [-0.2, 0) is 4.79 Å². The molecule has 6 heteroatoms. The van der Waals surface area contributed by atoms with Crippen molar-refractivity contribution in [2.75, 3.05) is 19.7 Å². The highest BCUT2D eigenvalue weighted by Crippen LogP contribution is 2.13. The molecule has 106 valence electrons. The summed E-state index contributed by atoms with van der Waals surface area (Å²) in [5, 5.41) is 8.61. The molecule has 0 fully saturated rings. The van der Waals surface area contributed by atoms with Gasteiger partial charge in [0.05, 0.1) is 12.1 Å². The average Bonchev–Trinajstić information content (AvgIpc) is 2.43. The van der Waals surface area contributed by atoms with Gasteiger partial charge in [-0.05, 0) is 25.1 Å². The highest BCUT2D eigenvalue weighted by molar-refractivity contribution is 5.96. The van der Waals surface area contributed by atoms with Crippen LogP contribution in [0, 0.1) is 17.7 Å². The lowest BCUT2D eigenvalue weighted by Gasteiger charge is -2.19. The van der Waals surface area contributed by atoms with E-state index in [4.69, 9.17) is 10.8 Å². The molecule has 0 aromatic heterocycles. The number of benzene rings is 1. The van der Waals surface area contributed by atoms with Crippen LogP contribution in [0.3, 0.4) is 0 Å². The standard InChI is InChI=1S/C14H15FN2O3/c1-2-17(9-13(16)19)14(20)11-8-10(4-3-7-18)5-6-12(11)15/h5-6,8,18H,2,7,9H2,1H3,(H2,16,19). The molecule has 0 unspecified atom stereocenters. The Kier molecular flexibility index (Phi) is 5.69. The second-order valence-corrected chi connectivity index (χ2v) is 3.94. The van der Waals surface area contributed by atoms with Crippen molar-refractivity contribution in [3.05, 3.63) is 35.1 Å². The Hall–Kier alpha value is -2.39. The van der Waals surface area contributed by atoms with Gasteiger partial charge in [0.15, 0.2) is 0 Å². The lowest BCUT2D eigenvalue weighted by molar-refractivity contribution is -0.118. The van der Waals surface area contributed by atoms with Crippen molar-refractivity contribution in [2.45, 2.75) is 6.92 Å². The number of halogens is 1. The SMILES string of the molecule is CCN(CC(N)=O)C(=O)c1cc(C#CCO)ccc1F. The van der Waals surface area contributed by atoms with Gasteiger partial charge in [-0.1, -0.05) is 11.8 Å². The monoisotopic (exact) mass is 278 g/mol. The van der Waals surface area contributed by atoms with E-state index >= 15 is 0 Å². The van der Waals surface area contributed by atoms with Gasteiger partial charge in [0.1, 0.15) is 12.4 Å². The summed E-state index contributed by atoms with van der Waals surface area (Å²) in [6.45, 7) is 1.28. The molecule has 0 heterocycles. The summed E-state index contributed by atoms with van der Waals surface area (Å²) in [7, 11) is 0. The number of aliphatic hydroxyl groups is 1. The molecule has 0 bridgehead atoms. The predicted octanol–water partition coefficient (Wildman–Crippen LogP) is 0.117. The normalized spacial score (nSPS) is 9.55. The van der Waals surface area contributed by atoms with Crippen molar-refractivity contribution < 1.29 is 19.1 Å². The molecule has 3 N–H and O–H groups in total. The van der Waals surface area contributed by atoms with E-state index in [1.54, 1.807) is 6.92 Å². The quantitative estimate of drug-likeness (QED) is 0.767. The number of aliphatic hydroxyl groups excluding tert-OH is 1. The minimum atomic E-state index is -0.701. The summed E-state index contributed by atoms with van der Waals surface area (Å²) in [6, 6.07) is 3.80. The molecule has 5 nitrogen and oxygen atoms in total. The zero-order valence-corrected chi connectivity index (χ0v) is 11.0. The third-order valence-corrected chi connectivity index (χ3v) is 2.52. The summed E-state index contributed by atoms with van der Waals surface area (Å²) in [5.41, 5.74) is 5.26. The number of likely N-dealkylation sites (N-methyl/N-ethyl adjacent to an activating group) is 1. The van der Waals surface area contributed by atoms with Gasteiger partial charge in [-0.3, -0.25) is 9.59 Å². The van der Waals surface area contributed by atoms with Crippen molar-refractivity contribution in [2.24, 2.45) is 5.73 Å². The lowest BCUT2D eigenvalue weighted by atomic mass is 10.1. The summed E-state index contributed by atoms with van der Waals surface area (Å²) >= 11 is 0. The largest absolute Gasteiger partial charge is 0.384 e. The molecule has 20 heavy (non-hydrogen) atoms. The molecule has 0 aliphatic rings. The van der Waals surface area contributed by atoms with Gasteiger partial charge in [-0.2, -0.15) is 0 Å². The summed E-state index contributed by atoms with van der Waals surface area (Å²) in [5.74, 6) is 3.00. The number of nitrogens with two attached hydrogens (primary N) is 1. The maximum absolute atomic E-state index is 13.7. The van der Waals surface area contributed by atoms with Crippen LogP contribution in [0.1, 0.15) is 22.8 Å². The van der Waals surface area contributed by atoms with Gasteiger partial charge in [-0.25, -0.2) is 4.39 Å². The Labute approximate surface area is 116 Å². The number of amides is 2. The van der Waals surface area contributed by atoms with Crippen molar-refractivity contribution in [1.82, 2.24) is 4.90 Å². The van der Waals surface area contributed by atoms with Gasteiger partial charge >= 0.3 is 0 Å². The molecule has 0 aliphatic carbocycles. The number of hydrogen-bond donors (Lipinski definition) is 2. The fraction of sp³-hybridized carbons (Fsp3) is 0.286. The molecule has 0 aliphatic heterocycles. The molecule has 1 aromatic carbocycles. The molecule has 0 saturated heterocycles. The maximum Gasteiger partial charge on any atom is 0.257 e. The van der Waals surface area contributed by atoms with E-state index in [0.717, 1.165) is 11.0 Å². The van der Waals surface area contributed by atoms with Gasteiger partial charge < -0.3 is 15.7 Å². The van der Waals surface area contributed by atoms with Crippen LogP contribution < -0.4 is 5.73 Å². The van der Waals surface area contributed by atoms with Crippen molar-refractivity contribution in [3.8, 4) is 11.8 Å². The number of carbonyl (C=O) groups excluding carboxylic acids is 2. The number of rotatable bonds is 4. The lowest BCUT2D eigenvalue weighted by Crippen LogP contribution is -2.38. The third-order valence-electron chi connectivity index (χ3n) is 2.52. The molecular formula is C14H15FN2O3. The van der Waals surface area contributed by atoms with Crippen LogP contribution in [0.2, 0.25) is 0 Å². The maximum atomic E-state index is 13.7. The Morgan fingerprint density at radius 2 is 2.15 bits per heavy atom.